The van der Waals surface area contributed by atoms with Crippen molar-refractivity contribution in [2.75, 3.05) is 6.61 Å². The molecule has 0 saturated carbocycles. The molecule has 0 amide bonds. The van der Waals surface area contributed by atoms with Gasteiger partial charge in [0.05, 0.1) is 12.2 Å². The quantitative estimate of drug-likeness (QED) is 0.655. The Balaban J connectivity index is 2.48. The third-order valence-corrected chi connectivity index (χ3v) is 1.60. The van der Waals surface area contributed by atoms with Gasteiger partial charge in [-0.1, -0.05) is 0 Å². The van der Waals surface area contributed by atoms with E-state index in [1.807, 2.05) is 6.92 Å². The highest BCUT2D eigenvalue weighted by Gasteiger charge is 2.04. The predicted molar refractivity (Wildman–Crippen MR) is 47.3 cm³/mol. The first-order valence-electron chi connectivity index (χ1n) is 4.14. The van der Waals surface area contributed by atoms with Crippen LogP contribution >= 0.6 is 0 Å². The molecular weight excluding hydrogens is 184 g/mol. The summed E-state index contributed by atoms with van der Waals surface area (Å²) in [6.07, 6.45) is 3.69. The Labute approximate surface area is 79.5 Å². The zero-order valence-electron chi connectivity index (χ0n) is 7.54. The molecule has 0 radical (unpaired) electrons. The number of carbonyl (C=O) groups excluding carboxylic acids is 1. The molecule has 2 heterocycles. The van der Waals surface area contributed by atoms with Crippen LogP contribution < -0.4 is 4.74 Å². The zero-order chi connectivity index (χ0) is 9.97. The van der Waals surface area contributed by atoms with Crippen LogP contribution in [-0.4, -0.2) is 32.5 Å². The summed E-state index contributed by atoms with van der Waals surface area (Å²) in [5, 5.41) is 3.97. The van der Waals surface area contributed by atoms with E-state index in [9.17, 15) is 4.79 Å². The van der Waals surface area contributed by atoms with Gasteiger partial charge in [0.25, 0.3) is 5.78 Å². The standard InChI is InChI=1S/C8H8N4O2/c1-2-14-8-10-7-9-3-6(5-13)4-12(7)11-8/h3-5H,2H2,1H3. The average Bonchev–Trinajstić information content (AvgIpc) is 2.59. The van der Waals surface area contributed by atoms with Crippen LogP contribution in [0.1, 0.15) is 17.3 Å². The summed E-state index contributed by atoms with van der Waals surface area (Å²) in [6.45, 7) is 2.34. The SMILES string of the molecule is CCOc1nc2ncc(C=O)cn2n1. The lowest BCUT2D eigenvalue weighted by Crippen LogP contribution is -1.94. The van der Waals surface area contributed by atoms with Crippen molar-refractivity contribution >= 4 is 12.1 Å². The summed E-state index contributed by atoms with van der Waals surface area (Å²) in [5.41, 5.74) is 0.449. The Morgan fingerprint density at radius 1 is 1.64 bits per heavy atom. The maximum atomic E-state index is 10.4. The van der Waals surface area contributed by atoms with Gasteiger partial charge in [-0.05, 0) is 6.92 Å². The molecule has 0 atom stereocenters. The molecule has 72 valence electrons. The Kier molecular flexibility index (Phi) is 2.10. The second-order valence-electron chi connectivity index (χ2n) is 2.58. The van der Waals surface area contributed by atoms with Gasteiger partial charge in [-0.2, -0.15) is 4.98 Å². The van der Waals surface area contributed by atoms with Crippen molar-refractivity contribution in [3.05, 3.63) is 18.0 Å². The Bertz CT molecular complexity index is 465. The minimum atomic E-state index is 0.267. The van der Waals surface area contributed by atoms with Gasteiger partial charge in [-0.25, -0.2) is 9.50 Å². The van der Waals surface area contributed by atoms with Crippen molar-refractivity contribution in [3.63, 3.8) is 0 Å². The number of aldehydes is 1. The highest BCUT2D eigenvalue weighted by molar-refractivity contribution is 5.73. The van der Waals surface area contributed by atoms with Gasteiger partial charge in [-0.3, -0.25) is 4.79 Å². The molecule has 6 nitrogen and oxygen atoms in total. The highest BCUT2D eigenvalue weighted by atomic mass is 16.5. The highest BCUT2D eigenvalue weighted by Crippen LogP contribution is 2.05. The fraction of sp³-hybridized carbons (Fsp3) is 0.250. The number of hydrogen-bond donors (Lipinski definition) is 0. The molecular formula is C8H8N4O2. The lowest BCUT2D eigenvalue weighted by atomic mass is 10.4. The number of carbonyl (C=O) groups is 1. The van der Waals surface area contributed by atoms with Gasteiger partial charge in [0.1, 0.15) is 0 Å². The molecule has 0 spiro atoms. The Hall–Kier alpha value is -1.98. The number of fused-ring (bicyclic) bond motifs is 1. The van der Waals surface area contributed by atoms with Gasteiger partial charge in [0.2, 0.25) is 0 Å². The molecule has 6 heteroatoms. The van der Waals surface area contributed by atoms with E-state index in [0.717, 1.165) is 0 Å². The van der Waals surface area contributed by atoms with E-state index >= 15 is 0 Å². The van der Waals surface area contributed by atoms with E-state index < -0.39 is 0 Å². The number of rotatable bonds is 3. The maximum Gasteiger partial charge on any atom is 0.337 e. The first-order valence-corrected chi connectivity index (χ1v) is 4.14. The van der Waals surface area contributed by atoms with E-state index in [-0.39, 0.29) is 6.01 Å². The molecule has 0 fully saturated rings. The summed E-state index contributed by atoms with van der Waals surface area (Å²) in [6, 6.07) is 0.267. The van der Waals surface area contributed by atoms with Crippen molar-refractivity contribution in [1.29, 1.82) is 0 Å². The topological polar surface area (TPSA) is 69.4 Å². The van der Waals surface area contributed by atoms with Gasteiger partial charge < -0.3 is 4.74 Å². The maximum absolute atomic E-state index is 10.4. The molecule has 2 rings (SSSR count). The molecule has 0 saturated heterocycles. The van der Waals surface area contributed by atoms with E-state index in [4.69, 9.17) is 4.74 Å². The third-order valence-electron chi connectivity index (χ3n) is 1.60. The summed E-state index contributed by atoms with van der Waals surface area (Å²) in [5.74, 6) is 0.416. The van der Waals surface area contributed by atoms with Crippen LogP contribution in [0.15, 0.2) is 12.4 Å². The van der Waals surface area contributed by atoms with Gasteiger partial charge in [0, 0.05) is 12.4 Å². The first kappa shape index (κ1) is 8.61. The Morgan fingerprint density at radius 2 is 2.50 bits per heavy atom. The van der Waals surface area contributed by atoms with Gasteiger partial charge >= 0.3 is 6.01 Å². The minimum Gasteiger partial charge on any atom is -0.463 e. The predicted octanol–water partition coefficient (Wildman–Crippen LogP) is 0.335. The minimum absolute atomic E-state index is 0.267. The number of hydrogen-bond acceptors (Lipinski definition) is 5. The fourth-order valence-corrected chi connectivity index (χ4v) is 1.03. The summed E-state index contributed by atoms with van der Waals surface area (Å²) < 4.78 is 6.50. The summed E-state index contributed by atoms with van der Waals surface area (Å²) >= 11 is 0. The van der Waals surface area contributed by atoms with Crippen LogP contribution in [0.2, 0.25) is 0 Å². The van der Waals surface area contributed by atoms with Crippen LogP contribution in [0.3, 0.4) is 0 Å². The molecule has 0 aromatic carbocycles. The second kappa shape index (κ2) is 3.41. The van der Waals surface area contributed by atoms with Crippen molar-refractivity contribution in [2.24, 2.45) is 0 Å². The zero-order valence-corrected chi connectivity index (χ0v) is 7.54. The molecule has 0 N–H and O–H groups in total. The van der Waals surface area contributed by atoms with Crippen molar-refractivity contribution in [1.82, 2.24) is 19.6 Å². The fourth-order valence-electron chi connectivity index (χ4n) is 1.03. The summed E-state index contributed by atoms with van der Waals surface area (Å²) in [7, 11) is 0. The molecule has 0 aliphatic rings. The van der Waals surface area contributed by atoms with Crippen LogP contribution in [0, 0.1) is 0 Å². The van der Waals surface area contributed by atoms with Crippen molar-refractivity contribution in [2.45, 2.75) is 6.92 Å². The Morgan fingerprint density at radius 3 is 3.21 bits per heavy atom. The van der Waals surface area contributed by atoms with Crippen LogP contribution in [0.5, 0.6) is 6.01 Å². The molecule has 0 aliphatic carbocycles. The van der Waals surface area contributed by atoms with Crippen molar-refractivity contribution in [3.8, 4) is 6.01 Å². The van der Waals surface area contributed by atoms with Crippen LogP contribution in [0.4, 0.5) is 0 Å². The number of ether oxygens (including phenoxy) is 1. The smallest absolute Gasteiger partial charge is 0.337 e. The molecule has 14 heavy (non-hydrogen) atoms. The molecule has 2 aromatic heterocycles. The molecule has 0 unspecified atom stereocenters. The number of aromatic nitrogens is 4. The lowest BCUT2D eigenvalue weighted by Gasteiger charge is -1.91. The van der Waals surface area contributed by atoms with Gasteiger partial charge in [-0.15, -0.1) is 5.10 Å². The molecule has 0 aliphatic heterocycles. The average molecular weight is 192 g/mol. The largest absolute Gasteiger partial charge is 0.463 e. The normalized spacial score (nSPS) is 10.4. The van der Waals surface area contributed by atoms with E-state index in [1.54, 1.807) is 6.20 Å². The van der Waals surface area contributed by atoms with Crippen LogP contribution in [0.25, 0.3) is 5.78 Å². The molecule has 0 bridgehead atoms. The van der Waals surface area contributed by atoms with E-state index in [2.05, 4.69) is 15.1 Å². The first-order chi connectivity index (χ1) is 6.83. The third kappa shape index (κ3) is 1.41. The van der Waals surface area contributed by atoms with E-state index in [1.165, 1.54) is 10.7 Å². The van der Waals surface area contributed by atoms with E-state index in [0.29, 0.717) is 24.2 Å². The van der Waals surface area contributed by atoms with Crippen molar-refractivity contribution < 1.29 is 9.53 Å². The second-order valence-corrected chi connectivity index (χ2v) is 2.58. The molecule has 2 aromatic rings. The number of nitrogens with zero attached hydrogens (tertiary/aromatic N) is 4. The van der Waals surface area contributed by atoms with Crippen LogP contribution in [-0.2, 0) is 0 Å². The summed E-state index contributed by atoms with van der Waals surface area (Å²) in [4.78, 5) is 18.4. The van der Waals surface area contributed by atoms with Gasteiger partial charge in [0.15, 0.2) is 6.29 Å². The monoisotopic (exact) mass is 192 g/mol. The lowest BCUT2D eigenvalue weighted by molar-refractivity contribution is 0.112.